The molecule has 2 aromatic heterocycles. The van der Waals surface area contributed by atoms with Gasteiger partial charge in [0.25, 0.3) is 0 Å². The quantitative estimate of drug-likeness (QED) is 0.455. The van der Waals surface area contributed by atoms with Gasteiger partial charge >= 0.3 is 0 Å². The van der Waals surface area contributed by atoms with Gasteiger partial charge in [0.15, 0.2) is 17.3 Å². The summed E-state index contributed by atoms with van der Waals surface area (Å²) < 4.78 is 29.9. The number of pyridine rings is 1. The van der Waals surface area contributed by atoms with E-state index in [1.54, 1.807) is 19.1 Å². The molecule has 0 aliphatic carbocycles. The lowest BCUT2D eigenvalue weighted by Crippen LogP contribution is -2.23. The minimum atomic E-state index is -0.281. The molecule has 1 aliphatic rings. The van der Waals surface area contributed by atoms with Gasteiger partial charge in [-0.3, -0.25) is 4.90 Å². The molecule has 5 rings (SSSR count). The predicted molar refractivity (Wildman–Crippen MR) is 112 cm³/mol. The van der Waals surface area contributed by atoms with Gasteiger partial charge in [-0.05, 0) is 55.4 Å². The maximum Gasteiger partial charge on any atom is 0.240 e. The Bertz CT molecular complexity index is 1240. The van der Waals surface area contributed by atoms with Crippen molar-refractivity contribution in [2.75, 3.05) is 13.3 Å². The summed E-state index contributed by atoms with van der Waals surface area (Å²) in [6, 6.07) is 12.3. The van der Waals surface area contributed by atoms with Crippen molar-refractivity contribution in [1.82, 2.24) is 20.0 Å². The molecule has 0 fully saturated rings. The first-order chi connectivity index (χ1) is 15.1. The minimum Gasteiger partial charge on any atom is -0.454 e. The molecule has 2 aromatic carbocycles. The molecule has 7 nitrogen and oxygen atoms in total. The van der Waals surface area contributed by atoms with E-state index >= 15 is 0 Å². The average Bonchev–Trinajstić information content (AvgIpc) is 3.39. The Morgan fingerprint density at radius 1 is 1.00 bits per heavy atom. The van der Waals surface area contributed by atoms with E-state index in [0.29, 0.717) is 36.3 Å². The molecule has 0 radical (unpaired) electrons. The molecule has 158 valence electrons. The second-order valence-corrected chi connectivity index (χ2v) is 7.44. The lowest BCUT2D eigenvalue weighted by Gasteiger charge is -2.20. The van der Waals surface area contributed by atoms with Crippen LogP contribution in [0.2, 0.25) is 0 Å². The standard InChI is InChI=1S/C23H21FN4O3/c1-3-28(12-22-25-14(2)27-31-22)11-17-8-16-9-20-21(30-13-29-20)10-19(16)26-23(17)15-4-6-18(24)7-5-15/h4-10H,3,11-13H2,1-2H3. The second-order valence-electron chi connectivity index (χ2n) is 7.44. The average molecular weight is 420 g/mol. The van der Waals surface area contributed by atoms with Gasteiger partial charge in [-0.2, -0.15) is 4.98 Å². The summed E-state index contributed by atoms with van der Waals surface area (Å²) in [6.45, 7) is 6.00. The van der Waals surface area contributed by atoms with Crippen molar-refractivity contribution in [2.24, 2.45) is 0 Å². The van der Waals surface area contributed by atoms with Gasteiger partial charge < -0.3 is 14.0 Å². The zero-order valence-electron chi connectivity index (χ0n) is 17.3. The molecule has 4 aromatic rings. The first-order valence-corrected chi connectivity index (χ1v) is 10.1. The number of hydrogen-bond donors (Lipinski definition) is 0. The summed E-state index contributed by atoms with van der Waals surface area (Å²) in [5, 5.41) is 4.83. The monoisotopic (exact) mass is 420 g/mol. The Hall–Kier alpha value is -3.52. The first-order valence-electron chi connectivity index (χ1n) is 10.1. The molecule has 0 spiro atoms. The lowest BCUT2D eigenvalue weighted by molar-refractivity contribution is 0.174. The summed E-state index contributed by atoms with van der Waals surface area (Å²) in [6.07, 6.45) is 0. The zero-order valence-corrected chi connectivity index (χ0v) is 17.3. The van der Waals surface area contributed by atoms with Gasteiger partial charge in [-0.25, -0.2) is 9.37 Å². The highest BCUT2D eigenvalue weighted by Gasteiger charge is 2.19. The molecule has 3 heterocycles. The molecular weight excluding hydrogens is 399 g/mol. The number of ether oxygens (including phenoxy) is 2. The number of hydrogen-bond acceptors (Lipinski definition) is 7. The molecule has 0 amide bonds. The van der Waals surface area contributed by atoms with E-state index in [0.717, 1.165) is 34.3 Å². The van der Waals surface area contributed by atoms with Gasteiger partial charge in [0.1, 0.15) is 5.82 Å². The summed E-state index contributed by atoms with van der Waals surface area (Å²) in [7, 11) is 0. The fourth-order valence-electron chi connectivity index (χ4n) is 3.70. The molecule has 0 bridgehead atoms. The molecule has 0 N–H and O–H groups in total. The Morgan fingerprint density at radius 2 is 1.77 bits per heavy atom. The number of halogens is 1. The SMILES string of the molecule is CCN(Cc1nc(C)no1)Cc1cc2cc3c(cc2nc1-c1ccc(F)cc1)OCO3. The summed E-state index contributed by atoms with van der Waals surface area (Å²) in [4.78, 5) is 11.4. The van der Waals surface area contributed by atoms with Crippen LogP contribution in [0.15, 0.2) is 47.0 Å². The summed E-state index contributed by atoms with van der Waals surface area (Å²) in [5.74, 6) is 2.29. The van der Waals surface area contributed by atoms with Gasteiger partial charge in [0.05, 0.1) is 17.8 Å². The highest BCUT2D eigenvalue weighted by molar-refractivity contribution is 5.86. The van der Waals surface area contributed by atoms with Gasteiger partial charge in [0, 0.05) is 23.6 Å². The van der Waals surface area contributed by atoms with Crippen LogP contribution in [-0.4, -0.2) is 33.4 Å². The van der Waals surface area contributed by atoms with Crippen LogP contribution in [-0.2, 0) is 13.1 Å². The van der Waals surface area contributed by atoms with Crippen molar-refractivity contribution >= 4 is 10.9 Å². The van der Waals surface area contributed by atoms with Crippen molar-refractivity contribution in [3.63, 3.8) is 0 Å². The predicted octanol–water partition coefficient (Wildman–Crippen LogP) is 4.48. The van der Waals surface area contributed by atoms with Gasteiger partial charge in [0.2, 0.25) is 12.7 Å². The normalized spacial score (nSPS) is 12.8. The van der Waals surface area contributed by atoms with Crippen LogP contribution < -0.4 is 9.47 Å². The Morgan fingerprint density at radius 3 is 2.48 bits per heavy atom. The third-order valence-corrected chi connectivity index (χ3v) is 5.28. The smallest absolute Gasteiger partial charge is 0.240 e. The van der Waals surface area contributed by atoms with E-state index in [2.05, 4.69) is 28.0 Å². The topological polar surface area (TPSA) is 73.5 Å². The molecule has 31 heavy (non-hydrogen) atoms. The van der Waals surface area contributed by atoms with Crippen molar-refractivity contribution < 1.29 is 18.4 Å². The molecular formula is C23H21FN4O3. The Kier molecular flexibility index (Phi) is 4.99. The van der Waals surface area contributed by atoms with Gasteiger partial charge in [-0.1, -0.05) is 12.1 Å². The van der Waals surface area contributed by atoms with Crippen LogP contribution in [0.1, 0.15) is 24.2 Å². The summed E-state index contributed by atoms with van der Waals surface area (Å²) in [5.41, 5.74) is 3.45. The van der Waals surface area contributed by atoms with E-state index in [-0.39, 0.29) is 12.6 Å². The number of fused-ring (bicyclic) bond motifs is 2. The fraction of sp³-hybridized carbons (Fsp3) is 0.261. The maximum absolute atomic E-state index is 13.5. The molecule has 0 saturated carbocycles. The highest BCUT2D eigenvalue weighted by Crippen LogP contribution is 2.37. The number of aryl methyl sites for hydroxylation is 1. The van der Waals surface area contributed by atoms with E-state index in [9.17, 15) is 4.39 Å². The maximum atomic E-state index is 13.5. The lowest BCUT2D eigenvalue weighted by atomic mass is 10.0. The second kappa shape index (κ2) is 7.96. The summed E-state index contributed by atoms with van der Waals surface area (Å²) >= 11 is 0. The van der Waals surface area contributed by atoms with E-state index in [1.165, 1.54) is 12.1 Å². The third kappa shape index (κ3) is 3.94. The highest BCUT2D eigenvalue weighted by atomic mass is 19.1. The number of nitrogens with zero attached hydrogens (tertiary/aromatic N) is 4. The minimum absolute atomic E-state index is 0.205. The molecule has 1 aliphatic heterocycles. The number of rotatable bonds is 6. The molecule has 0 unspecified atom stereocenters. The Labute approximate surface area is 178 Å². The number of aromatic nitrogens is 3. The van der Waals surface area contributed by atoms with Gasteiger partial charge in [-0.15, -0.1) is 0 Å². The molecule has 0 saturated heterocycles. The molecule has 0 atom stereocenters. The zero-order chi connectivity index (χ0) is 21.4. The van der Waals surface area contributed by atoms with E-state index in [1.807, 2.05) is 12.1 Å². The first kappa shape index (κ1) is 19.4. The van der Waals surface area contributed by atoms with Crippen LogP contribution in [0.4, 0.5) is 4.39 Å². The van der Waals surface area contributed by atoms with Crippen LogP contribution in [0, 0.1) is 12.7 Å². The third-order valence-electron chi connectivity index (χ3n) is 5.28. The van der Waals surface area contributed by atoms with Crippen LogP contribution >= 0.6 is 0 Å². The Balaban J connectivity index is 1.57. The number of benzene rings is 2. The molecule has 8 heteroatoms. The van der Waals surface area contributed by atoms with Crippen LogP contribution in [0.5, 0.6) is 11.5 Å². The van der Waals surface area contributed by atoms with Crippen molar-refractivity contribution in [3.05, 3.63) is 65.6 Å². The van der Waals surface area contributed by atoms with Crippen LogP contribution in [0.25, 0.3) is 22.2 Å². The van der Waals surface area contributed by atoms with Crippen LogP contribution in [0.3, 0.4) is 0 Å². The fourth-order valence-corrected chi connectivity index (χ4v) is 3.70. The van der Waals surface area contributed by atoms with Crippen molar-refractivity contribution in [3.8, 4) is 22.8 Å². The van der Waals surface area contributed by atoms with Crippen molar-refractivity contribution in [2.45, 2.75) is 26.9 Å². The van der Waals surface area contributed by atoms with E-state index < -0.39 is 0 Å². The van der Waals surface area contributed by atoms with E-state index in [4.69, 9.17) is 19.0 Å². The largest absolute Gasteiger partial charge is 0.454 e. The van der Waals surface area contributed by atoms with Crippen molar-refractivity contribution in [1.29, 1.82) is 0 Å².